The first-order valence-corrected chi connectivity index (χ1v) is 7.79. The Morgan fingerprint density at radius 3 is 2.29 bits per heavy atom. The molecule has 2 rings (SSSR count). The number of carbonyl (C=O) groups is 2. The number of anilines is 1. The Morgan fingerprint density at radius 1 is 1.08 bits per heavy atom. The van der Waals surface area contributed by atoms with Gasteiger partial charge in [0.05, 0.1) is 0 Å². The molecule has 0 bridgehead atoms. The van der Waals surface area contributed by atoms with E-state index in [4.69, 9.17) is 4.74 Å². The summed E-state index contributed by atoms with van der Waals surface area (Å²) in [6.07, 6.45) is -0.592. The topological polar surface area (TPSA) is 58.6 Å². The molecule has 1 N–H and O–H groups in total. The van der Waals surface area contributed by atoms with Gasteiger partial charge in [0.15, 0.2) is 6.10 Å². The molecule has 0 saturated heterocycles. The van der Waals surface area contributed by atoms with Gasteiger partial charge in [0.2, 0.25) is 5.91 Å². The number of ether oxygens (including phenoxy) is 1. The molecule has 0 unspecified atom stereocenters. The molecule has 24 heavy (non-hydrogen) atoms. The van der Waals surface area contributed by atoms with E-state index in [2.05, 4.69) is 5.32 Å². The quantitative estimate of drug-likeness (QED) is 0.887. The molecule has 0 spiro atoms. The maximum atomic E-state index is 12.4. The van der Waals surface area contributed by atoms with Gasteiger partial charge in [0, 0.05) is 26.2 Å². The van der Waals surface area contributed by atoms with Gasteiger partial charge in [-0.25, -0.2) is 0 Å². The van der Waals surface area contributed by atoms with Gasteiger partial charge in [0.25, 0.3) is 5.91 Å². The Hall–Kier alpha value is -2.82. The standard InChI is InChI=1S/C19H22N2O3/c1-14(19(23)21(3)13-16-7-5-4-6-8-16)24-18-11-9-17(10-12-18)20-15(2)22/h4-12,14H,13H2,1-3H3,(H,20,22)/t14-/m1/s1. The second kappa shape index (κ2) is 8.15. The lowest BCUT2D eigenvalue weighted by Gasteiger charge is -2.22. The van der Waals surface area contributed by atoms with Crippen molar-refractivity contribution >= 4 is 17.5 Å². The minimum atomic E-state index is -0.592. The van der Waals surface area contributed by atoms with E-state index in [1.54, 1.807) is 43.1 Å². The fraction of sp³-hybridized carbons (Fsp3) is 0.263. The van der Waals surface area contributed by atoms with Crippen molar-refractivity contribution in [3.8, 4) is 5.75 Å². The van der Waals surface area contributed by atoms with E-state index in [1.807, 2.05) is 30.3 Å². The van der Waals surface area contributed by atoms with Crippen LogP contribution in [0.1, 0.15) is 19.4 Å². The van der Waals surface area contributed by atoms with Crippen molar-refractivity contribution in [2.75, 3.05) is 12.4 Å². The molecule has 2 amide bonds. The maximum Gasteiger partial charge on any atom is 0.263 e. The molecule has 0 radical (unpaired) electrons. The fourth-order valence-corrected chi connectivity index (χ4v) is 2.32. The predicted molar refractivity (Wildman–Crippen MR) is 93.8 cm³/mol. The number of hydrogen-bond donors (Lipinski definition) is 1. The van der Waals surface area contributed by atoms with Gasteiger partial charge in [-0.1, -0.05) is 30.3 Å². The van der Waals surface area contributed by atoms with Crippen LogP contribution in [-0.4, -0.2) is 29.9 Å². The van der Waals surface area contributed by atoms with Crippen LogP contribution in [0.5, 0.6) is 5.75 Å². The zero-order valence-electron chi connectivity index (χ0n) is 14.2. The van der Waals surface area contributed by atoms with Crippen molar-refractivity contribution in [3.63, 3.8) is 0 Å². The Balaban J connectivity index is 1.92. The molecule has 0 aliphatic carbocycles. The summed E-state index contributed by atoms with van der Waals surface area (Å²) in [5.74, 6) is 0.359. The third-order valence-corrected chi connectivity index (χ3v) is 3.47. The zero-order chi connectivity index (χ0) is 17.5. The lowest BCUT2D eigenvalue weighted by atomic mass is 10.2. The van der Waals surface area contributed by atoms with Crippen LogP contribution < -0.4 is 10.1 Å². The smallest absolute Gasteiger partial charge is 0.263 e. The van der Waals surface area contributed by atoms with Crippen molar-refractivity contribution in [1.29, 1.82) is 0 Å². The van der Waals surface area contributed by atoms with Crippen molar-refractivity contribution in [1.82, 2.24) is 4.90 Å². The number of likely N-dealkylation sites (N-methyl/N-ethyl adjacent to an activating group) is 1. The Bertz CT molecular complexity index is 684. The monoisotopic (exact) mass is 326 g/mol. The normalized spacial score (nSPS) is 11.5. The van der Waals surface area contributed by atoms with E-state index < -0.39 is 6.10 Å². The number of hydrogen-bond acceptors (Lipinski definition) is 3. The number of benzene rings is 2. The van der Waals surface area contributed by atoms with Crippen LogP contribution in [0.4, 0.5) is 5.69 Å². The third-order valence-electron chi connectivity index (χ3n) is 3.47. The van der Waals surface area contributed by atoms with Crippen molar-refractivity contribution in [2.24, 2.45) is 0 Å². The summed E-state index contributed by atoms with van der Waals surface area (Å²) in [7, 11) is 1.76. The van der Waals surface area contributed by atoms with Crippen LogP contribution in [0.25, 0.3) is 0 Å². The van der Waals surface area contributed by atoms with Crippen LogP contribution >= 0.6 is 0 Å². The van der Waals surface area contributed by atoms with Gasteiger partial charge >= 0.3 is 0 Å². The highest BCUT2D eigenvalue weighted by Gasteiger charge is 2.19. The molecule has 0 aliphatic rings. The van der Waals surface area contributed by atoms with Crippen molar-refractivity contribution in [2.45, 2.75) is 26.5 Å². The molecular weight excluding hydrogens is 304 g/mol. The Labute approximate surface area is 142 Å². The van der Waals surface area contributed by atoms with E-state index in [1.165, 1.54) is 6.92 Å². The molecule has 0 heterocycles. The lowest BCUT2D eigenvalue weighted by molar-refractivity contribution is -0.137. The maximum absolute atomic E-state index is 12.4. The van der Waals surface area contributed by atoms with Gasteiger partial charge in [-0.3, -0.25) is 9.59 Å². The average Bonchev–Trinajstić information content (AvgIpc) is 2.56. The molecule has 0 fully saturated rings. The molecule has 5 nitrogen and oxygen atoms in total. The van der Waals surface area contributed by atoms with Gasteiger partial charge in [-0.05, 0) is 36.8 Å². The first-order valence-electron chi connectivity index (χ1n) is 7.79. The van der Waals surface area contributed by atoms with E-state index >= 15 is 0 Å². The van der Waals surface area contributed by atoms with E-state index in [0.29, 0.717) is 18.0 Å². The Morgan fingerprint density at radius 2 is 1.71 bits per heavy atom. The molecule has 126 valence electrons. The summed E-state index contributed by atoms with van der Waals surface area (Å²) in [6, 6.07) is 16.7. The van der Waals surface area contributed by atoms with Crippen LogP contribution in [0, 0.1) is 0 Å². The third kappa shape index (κ3) is 5.12. The number of nitrogens with one attached hydrogen (secondary N) is 1. The fourth-order valence-electron chi connectivity index (χ4n) is 2.32. The summed E-state index contributed by atoms with van der Waals surface area (Å²) in [5, 5.41) is 2.68. The number of carbonyl (C=O) groups excluding carboxylic acids is 2. The van der Waals surface area contributed by atoms with E-state index in [-0.39, 0.29) is 11.8 Å². The van der Waals surface area contributed by atoms with Crippen LogP contribution in [0.2, 0.25) is 0 Å². The van der Waals surface area contributed by atoms with Crippen LogP contribution in [-0.2, 0) is 16.1 Å². The van der Waals surface area contributed by atoms with E-state index in [9.17, 15) is 9.59 Å². The van der Waals surface area contributed by atoms with Gasteiger partial charge in [-0.2, -0.15) is 0 Å². The molecular formula is C19H22N2O3. The number of rotatable bonds is 6. The minimum absolute atomic E-state index is 0.0928. The Kier molecular flexibility index (Phi) is 5.95. The molecule has 5 heteroatoms. The van der Waals surface area contributed by atoms with Crippen molar-refractivity contribution in [3.05, 3.63) is 60.2 Å². The zero-order valence-corrected chi connectivity index (χ0v) is 14.2. The summed E-state index contributed by atoms with van der Waals surface area (Å²) in [4.78, 5) is 25.1. The van der Waals surface area contributed by atoms with Gasteiger partial charge < -0.3 is 15.0 Å². The minimum Gasteiger partial charge on any atom is -0.481 e. The molecule has 2 aromatic carbocycles. The first-order chi connectivity index (χ1) is 11.5. The molecule has 0 aromatic heterocycles. The highest BCUT2D eigenvalue weighted by molar-refractivity contribution is 5.88. The second-order valence-corrected chi connectivity index (χ2v) is 5.65. The summed E-state index contributed by atoms with van der Waals surface area (Å²) in [5.41, 5.74) is 1.76. The van der Waals surface area contributed by atoms with Gasteiger partial charge in [0.1, 0.15) is 5.75 Å². The predicted octanol–water partition coefficient (Wildman–Crippen LogP) is 3.07. The largest absolute Gasteiger partial charge is 0.481 e. The molecule has 2 aromatic rings. The molecule has 1 atom stereocenters. The first kappa shape index (κ1) is 17.5. The lowest BCUT2D eigenvalue weighted by Crippen LogP contribution is -2.37. The SMILES string of the molecule is CC(=O)Nc1ccc(O[C@H](C)C(=O)N(C)Cc2ccccc2)cc1. The summed E-state index contributed by atoms with van der Waals surface area (Å²) in [6.45, 7) is 3.72. The highest BCUT2D eigenvalue weighted by Crippen LogP contribution is 2.17. The van der Waals surface area contributed by atoms with Crippen LogP contribution in [0.15, 0.2) is 54.6 Å². The summed E-state index contributed by atoms with van der Waals surface area (Å²) >= 11 is 0. The second-order valence-electron chi connectivity index (χ2n) is 5.65. The summed E-state index contributed by atoms with van der Waals surface area (Å²) < 4.78 is 5.69. The van der Waals surface area contributed by atoms with E-state index in [0.717, 1.165) is 5.56 Å². The highest BCUT2D eigenvalue weighted by atomic mass is 16.5. The number of nitrogens with zero attached hydrogens (tertiary/aromatic N) is 1. The molecule has 0 saturated carbocycles. The average molecular weight is 326 g/mol. The van der Waals surface area contributed by atoms with Gasteiger partial charge in [-0.15, -0.1) is 0 Å². The number of amides is 2. The van der Waals surface area contributed by atoms with Crippen LogP contribution in [0.3, 0.4) is 0 Å². The van der Waals surface area contributed by atoms with Crippen molar-refractivity contribution < 1.29 is 14.3 Å². The molecule has 0 aliphatic heterocycles.